The highest BCUT2D eigenvalue weighted by Gasteiger charge is 2.19. The normalized spacial score (nSPS) is 14.9. The number of fused-ring (bicyclic) bond motifs is 1. The van der Waals surface area contributed by atoms with E-state index in [9.17, 15) is 9.59 Å². The third-order valence-electron chi connectivity index (χ3n) is 5.84. The molecule has 4 rings (SSSR count). The summed E-state index contributed by atoms with van der Waals surface area (Å²) in [6, 6.07) is 19.8. The maximum Gasteiger partial charge on any atom is 0.251 e. The highest BCUT2D eigenvalue weighted by molar-refractivity contribution is 6.06. The fourth-order valence-electron chi connectivity index (χ4n) is 4.01. The van der Waals surface area contributed by atoms with Gasteiger partial charge < -0.3 is 15.5 Å². The molecule has 0 unspecified atom stereocenters. The summed E-state index contributed by atoms with van der Waals surface area (Å²) in [6.07, 6.45) is 3.22. The molecule has 1 fully saturated rings. The summed E-state index contributed by atoms with van der Waals surface area (Å²) in [5, 5.41) is 8.02. The highest BCUT2D eigenvalue weighted by Crippen LogP contribution is 2.30. The Morgan fingerprint density at radius 2 is 1.74 bits per heavy atom. The molecule has 5 nitrogen and oxygen atoms in total. The van der Waals surface area contributed by atoms with Gasteiger partial charge in [-0.25, -0.2) is 0 Å². The van der Waals surface area contributed by atoms with E-state index in [1.165, 1.54) is 6.08 Å². The van der Waals surface area contributed by atoms with Gasteiger partial charge in [0.1, 0.15) is 0 Å². The van der Waals surface area contributed by atoms with Crippen molar-refractivity contribution in [3.8, 4) is 11.1 Å². The van der Waals surface area contributed by atoms with E-state index in [4.69, 9.17) is 0 Å². The Kier molecular flexibility index (Phi) is 6.14. The molecule has 0 aromatic heterocycles. The van der Waals surface area contributed by atoms with Crippen LogP contribution in [0, 0.1) is 0 Å². The topological polar surface area (TPSA) is 61.4 Å². The molecular formula is C26H27N3O2. The number of nitrogens with one attached hydrogen (secondary N) is 2. The van der Waals surface area contributed by atoms with Crippen molar-refractivity contribution in [2.24, 2.45) is 0 Å². The average molecular weight is 414 g/mol. The molecule has 0 saturated carbocycles. The molecule has 1 saturated heterocycles. The van der Waals surface area contributed by atoms with Crippen LogP contribution in [-0.2, 0) is 4.79 Å². The molecule has 0 atom stereocenters. The number of nitrogens with zero attached hydrogens (tertiary/aromatic N) is 1. The maximum atomic E-state index is 12.8. The first-order valence-electron chi connectivity index (χ1n) is 10.6. The van der Waals surface area contributed by atoms with Gasteiger partial charge in [-0.1, -0.05) is 43.0 Å². The van der Waals surface area contributed by atoms with Gasteiger partial charge in [0.25, 0.3) is 5.91 Å². The Morgan fingerprint density at radius 1 is 1.00 bits per heavy atom. The van der Waals surface area contributed by atoms with Gasteiger partial charge in [-0.15, -0.1) is 0 Å². The van der Waals surface area contributed by atoms with Gasteiger partial charge in [0.05, 0.1) is 0 Å². The molecule has 0 spiro atoms. The summed E-state index contributed by atoms with van der Waals surface area (Å²) >= 11 is 0. The maximum absolute atomic E-state index is 12.8. The second-order valence-electron chi connectivity index (χ2n) is 8.07. The minimum absolute atomic E-state index is 0.0314. The van der Waals surface area contributed by atoms with E-state index in [0.29, 0.717) is 5.56 Å². The van der Waals surface area contributed by atoms with E-state index >= 15 is 0 Å². The molecule has 2 amide bonds. The number of carbonyl (C=O) groups excluding carboxylic acids is 2. The SMILES string of the molecule is C=CC(=O)Nc1cccc2ccc(-c3cccc(C(=O)NC4CCN(C)CC4)c3)cc12. The van der Waals surface area contributed by atoms with Crippen molar-refractivity contribution >= 4 is 28.3 Å². The van der Waals surface area contributed by atoms with Crippen molar-refractivity contribution in [2.75, 3.05) is 25.5 Å². The molecular weight excluding hydrogens is 386 g/mol. The number of benzene rings is 3. The first kappa shape index (κ1) is 20.8. The van der Waals surface area contributed by atoms with Crippen molar-refractivity contribution in [1.82, 2.24) is 10.2 Å². The number of piperidine rings is 1. The summed E-state index contributed by atoms with van der Waals surface area (Å²) in [4.78, 5) is 26.9. The molecule has 1 heterocycles. The quantitative estimate of drug-likeness (QED) is 0.608. The lowest BCUT2D eigenvalue weighted by Gasteiger charge is -2.29. The predicted octanol–water partition coefficient (Wildman–Crippen LogP) is 4.46. The first-order valence-corrected chi connectivity index (χ1v) is 10.6. The van der Waals surface area contributed by atoms with E-state index in [0.717, 1.165) is 53.5 Å². The van der Waals surface area contributed by atoms with Crippen molar-refractivity contribution in [3.05, 3.63) is 78.9 Å². The highest BCUT2D eigenvalue weighted by atomic mass is 16.2. The zero-order chi connectivity index (χ0) is 21.8. The average Bonchev–Trinajstić information content (AvgIpc) is 2.80. The van der Waals surface area contributed by atoms with Crippen LogP contribution < -0.4 is 10.6 Å². The van der Waals surface area contributed by atoms with Gasteiger partial charge in [-0.05, 0) is 79.8 Å². The van der Waals surface area contributed by atoms with E-state index in [1.54, 1.807) is 0 Å². The second kappa shape index (κ2) is 9.14. The Labute approximate surface area is 182 Å². The number of hydrogen-bond acceptors (Lipinski definition) is 3. The van der Waals surface area contributed by atoms with Crippen LogP contribution in [0.3, 0.4) is 0 Å². The van der Waals surface area contributed by atoms with Crippen molar-refractivity contribution in [3.63, 3.8) is 0 Å². The number of anilines is 1. The van der Waals surface area contributed by atoms with Gasteiger partial charge in [0.15, 0.2) is 0 Å². The minimum Gasteiger partial charge on any atom is -0.349 e. The van der Waals surface area contributed by atoms with Crippen LogP contribution in [0.15, 0.2) is 73.3 Å². The summed E-state index contributed by atoms with van der Waals surface area (Å²) in [5.74, 6) is -0.276. The Hall–Kier alpha value is -3.44. The summed E-state index contributed by atoms with van der Waals surface area (Å²) in [7, 11) is 2.11. The van der Waals surface area contributed by atoms with Crippen LogP contribution >= 0.6 is 0 Å². The molecule has 5 heteroatoms. The predicted molar refractivity (Wildman–Crippen MR) is 126 cm³/mol. The minimum atomic E-state index is -0.245. The summed E-state index contributed by atoms with van der Waals surface area (Å²) in [5.41, 5.74) is 3.34. The van der Waals surface area contributed by atoms with Gasteiger partial charge in [0, 0.05) is 22.7 Å². The second-order valence-corrected chi connectivity index (χ2v) is 8.07. The first-order chi connectivity index (χ1) is 15.0. The smallest absolute Gasteiger partial charge is 0.251 e. The van der Waals surface area contributed by atoms with E-state index in [-0.39, 0.29) is 17.9 Å². The third kappa shape index (κ3) is 4.84. The Bertz CT molecular complexity index is 1130. The molecule has 0 aliphatic carbocycles. The van der Waals surface area contributed by atoms with Crippen molar-refractivity contribution in [2.45, 2.75) is 18.9 Å². The molecule has 3 aromatic carbocycles. The molecule has 2 N–H and O–H groups in total. The molecule has 3 aromatic rings. The molecule has 1 aliphatic rings. The van der Waals surface area contributed by atoms with Crippen molar-refractivity contribution in [1.29, 1.82) is 0 Å². The fourth-order valence-corrected chi connectivity index (χ4v) is 4.01. The fraction of sp³-hybridized carbons (Fsp3) is 0.231. The van der Waals surface area contributed by atoms with E-state index < -0.39 is 0 Å². The number of carbonyl (C=O) groups is 2. The summed E-state index contributed by atoms with van der Waals surface area (Å²) < 4.78 is 0. The van der Waals surface area contributed by atoms with E-state index in [1.807, 2.05) is 60.7 Å². The Morgan fingerprint density at radius 3 is 2.52 bits per heavy atom. The monoisotopic (exact) mass is 413 g/mol. The van der Waals surface area contributed by atoms with Gasteiger partial charge in [-0.3, -0.25) is 9.59 Å². The molecule has 1 aliphatic heterocycles. The van der Waals surface area contributed by atoms with Crippen LogP contribution in [-0.4, -0.2) is 42.9 Å². The molecule has 0 bridgehead atoms. The number of rotatable bonds is 5. The van der Waals surface area contributed by atoms with Crippen molar-refractivity contribution < 1.29 is 9.59 Å². The van der Waals surface area contributed by atoms with E-state index in [2.05, 4.69) is 29.2 Å². The van der Waals surface area contributed by atoms with Crippen LogP contribution in [0.2, 0.25) is 0 Å². The Balaban J connectivity index is 1.59. The molecule has 158 valence electrons. The number of amides is 2. The lowest BCUT2D eigenvalue weighted by Crippen LogP contribution is -2.43. The number of hydrogen-bond donors (Lipinski definition) is 2. The van der Waals surface area contributed by atoms with Gasteiger partial charge >= 0.3 is 0 Å². The lowest BCUT2D eigenvalue weighted by atomic mass is 9.98. The van der Waals surface area contributed by atoms with Crippen LogP contribution in [0.5, 0.6) is 0 Å². The zero-order valence-electron chi connectivity index (χ0n) is 17.7. The lowest BCUT2D eigenvalue weighted by molar-refractivity contribution is -0.111. The van der Waals surface area contributed by atoms with Crippen LogP contribution in [0.25, 0.3) is 21.9 Å². The van der Waals surface area contributed by atoms with Crippen LogP contribution in [0.1, 0.15) is 23.2 Å². The summed E-state index contributed by atoms with van der Waals surface area (Å²) in [6.45, 7) is 5.53. The molecule has 0 radical (unpaired) electrons. The van der Waals surface area contributed by atoms with Crippen LogP contribution in [0.4, 0.5) is 5.69 Å². The van der Waals surface area contributed by atoms with Gasteiger partial charge in [-0.2, -0.15) is 0 Å². The standard InChI is InChI=1S/C26H27N3O2/c1-3-25(30)28-24-9-5-6-18-10-11-20(17-23(18)24)19-7-4-8-21(16-19)26(31)27-22-12-14-29(2)15-13-22/h3-11,16-17,22H,1,12-15H2,2H3,(H,27,31)(H,28,30). The largest absolute Gasteiger partial charge is 0.349 e. The zero-order valence-corrected chi connectivity index (χ0v) is 17.7. The molecule has 31 heavy (non-hydrogen) atoms. The van der Waals surface area contributed by atoms with Gasteiger partial charge in [0.2, 0.25) is 5.91 Å². The number of likely N-dealkylation sites (tertiary alicyclic amines) is 1. The third-order valence-corrected chi connectivity index (χ3v) is 5.84.